The maximum atomic E-state index is 14.1. The van der Waals surface area contributed by atoms with Gasteiger partial charge in [-0.05, 0) is 42.5 Å². The van der Waals surface area contributed by atoms with Gasteiger partial charge in [-0.15, -0.1) is 0 Å². The zero-order valence-electron chi connectivity index (χ0n) is 22.8. The summed E-state index contributed by atoms with van der Waals surface area (Å²) in [6.07, 6.45) is 0. The zero-order chi connectivity index (χ0) is 28.9. The minimum atomic E-state index is -4.27. The number of hydrogen-bond acceptors (Lipinski definition) is 8. The number of benzene rings is 3. The third-order valence-corrected chi connectivity index (χ3v) is 8.67. The number of methoxy groups -OCH3 is 4. The minimum Gasteiger partial charge on any atom is -0.497 e. The van der Waals surface area contributed by atoms with Crippen molar-refractivity contribution in [2.45, 2.75) is 4.90 Å². The summed E-state index contributed by atoms with van der Waals surface area (Å²) in [5, 5.41) is 0.638. The molecule has 0 bridgehead atoms. The highest BCUT2D eigenvalue weighted by Gasteiger charge is 2.33. The molecule has 1 fully saturated rings. The van der Waals surface area contributed by atoms with Crippen LogP contribution in [-0.4, -0.2) is 80.4 Å². The molecule has 0 aromatic heterocycles. The van der Waals surface area contributed by atoms with Crippen LogP contribution in [0.4, 0.5) is 11.4 Å². The molecule has 0 N–H and O–H groups in total. The van der Waals surface area contributed by atoms with Crippen molar-refractivity contribution >= 4 is 38.9 Å². The van der Waals surface area contributed by atoms with E-state index in [0.29, 0.717) is 42.7 Å². The number of halogens is 1. The van der Waals surface area contributed by atoms with Crippen molar-refractivity contribution in [3.05, 3.63) is 65.7 Å². The topological polar surface area (TPSA) is 97.9 Å². The molecule has 214 valence electrons. The van der Waals surface area contributed by atoms with Gasteiger partial charge in [-0.25, -0.2) is 8.42 Å². The Hall–Kier alpha value is -3.83. The lowest BCUT2D eigenvalue weighted by Crippen LogP contribution is -2.52. The van der Waals surface area contributed by atoms with Crippen molar-refractivity contribution in [3.63, 3.8) is 0 Å². The van der Waals surface area contributed by atoms with Crippen LogP contribution >= 0.6 is 11.6 Å². The molecular weight excluding hydrogens is 558 g/mol. The van der Waals surface area contributed by atoms with Crippen LogP contribution < -0.4 is 28.2 Å². The van der Waals surface area contributed by atoms with Gasteiger partial charge >= 0.3 is 0 Å². The number of nitrogens with zero attached hydrogens (tertiary/aromatic N) is 3. The van der Waals surface area contributed by atoms with Gasteiger partial charge in [0.2, 0.25) is 5.91 Å². The van der Waals surface area contributed by atoms with E-state index in [0.717, 1.165) is 9.99 Å². The van der Waals surface area contributed by atoms with Crippen molar-refractivity contribution in [1.82, 2.24) is 4.90 Å². The maximum Gasteiger partial charge on any atom is 0.265 e. The molecule has 0 saturated carbocycles. The molecule has 1 saturated heterocycles. The third-order valence-electron chi connectivity index (χ3n) is 6.68. The molecule has 1 heterocycles. The van der Waals surface area contributed by atoms with Gasteiger partial charge in [0.05, 0.1) is 39.0 Å². The summed E-state index contributed by atoms with van der Waals surface area (Å²) < 4.78 is 50.7. The van der Waals surface area contributed by atoms with Crippen molar-refractivity contribution in [2.24, 2.45) is 0 Å². The lowest BCUT2D eigenvalue weighted by Gasteiger charge is -2.37. The molecule has 4 rings (SSSR count). The average molecular weight is 590 g/mol. The molecule has 0 spiro atoms. The summed E-state index contributed by atoms with van der Waals surface area (Å²) in [6, 6.07) is 16.6. The summed E-state index contributed by atoms with van der Waals surface area (Å²) in [7, 11) is 1.52. The van der Waals surface area contributed by atoms with E-state index >= 15 is 0 Å². The Morgan fingerprint density at radius 2 is 1.50 bits per heavy atom. The first-order chi connectivity index (χ1) is 19.2. The number of amides is 1. The number of ether oxygens (including phenoxy) is 4. The number of carbonyl (C=O) groups excluding carboxylic acids is 1. The highest BCUT2D eigenvalue weighted by atomic mass is 35.5. The number of anilines is 2. The fraction of sp³-hybridized carbons (Fsp3) is 0.321. The van der Waals surface area contributed by atoms with Gasteiger partial charge in [0, 0.05) is 49.0 Å². The normalized spacial score (nSPS) is 13.5. The predicted molar refractivity (Wildman–Crippen MR) is 154 cm³/mol. The first kappa shape index (κ1) is 29.2. The molecule has 40 heavy (non-hydrogen) atoms. The summed E-state index contributed by atoms with van der Waals surface area (Å²) >= 11 is 6.15. The molecule has 3 aromatic carbocycles. The Labute approximate surface area is 239 Å². The molecule has 0 aliphatic carbocycles. The minimum absolute atomic E-state index is 0.0754. The van der Waals surface area contributed by atoms with Crippen LogP contribution in [0.1, 0.15) is 0 Å². The quantitative estimate of drug-likeness (QED) is 0.351. The van der Waals surface area contributed by atoms with Crippen LogP contribution in [0.2, 0.25) is 5.02 Å². The van der Waals surface area contributed by atoms with Crippen LogP contribution in [-0.2, 0) is 14.8 Å². The predicted octanol–water partition coefficient (Wildman–Crippen LogP) is 3.92. The SMILES string of the molecule is COc1ccc(OC)c(N(CC(=O)N2CCN(c3cccc(Cl)c3)CC2)S(=O)(=O)c2ccc(OC)c(OC)c2)c1. The van der Waals surface area contributed by atoms with Gasteiger partial charge in [0.25, 0.3) is 10.0 Å². The number of hydrogen-bond donors (Lipinski definition) is 0. The maximum absolute atomic E-state index is 14.1. The summed E-state index contributed by atoms with van der Waals surface area (Å²) in [4.78, 5) is 17.3. The first-order valence-electron chi connectivity index (χ1n) is 12.5. The monoisotopic (exact) mass is 589 g/mol. The Balaban J connectivity index is 1.66. The zero-order valence-corrected chi connectivity index (χ0v) is 24.4. The average Bonchev–Trinajstić information content (AvgIpc) is 2.98. The van der Waals surface area contributed by atoms with Crippen LogP contribution in [0, 0.1) is 0 Å². The highest BCUT2D eigenvalue weighted by molar-refractivity contribution is 7.92. The molecule has 3 aromatic rings. The second-order valence-corrected chi connectivity index (χ2v) is 11.2. The molecule has 1 aliphatic heterocycles. The Morgan fingerprint density at radius 3 is 2.12 bits per heavy atom. The molecule has 12 heteroatoms. The van der Waals surface area contributed by atoms with E-state index in [9.17, 15) is 13.2 Å². The molecular formula is C28H32ClN3O7S. The van der Waals surface area contributed by atoms with Gasteiger partial charge in [0.15, 0.2) is 11.5 Å². The molecule has 0 unspecified atom stereocenters. The third kappa shape index (κ3) is 6.15. The van der Waals surface area contributed by atoms with Crippen LogP contribution in [0.3, 0.4) is 0 Å². The second kappa shape index (κ2) is 12.6. The first-order valence-corrected chi connectivity index (χ1v) is 14.3. The smallest absolute Gasteiger partial charge is 0.265 e. The Kier molecular flexibility index (Phi) is 9.16. The summed E-state index contributed by atoms with van der Waals surface area (Å²) in [6.45, 7) is 1.56. The van der Waals surface area contributed by atoms with E-state index in [1.807, 2.05) is 24.3 Å². The Bertz CT molecular complexity index is 1460. The summed E-state index contributed by atoms with van der Waals surface area (Å²) in [5.41, 5.74) is 1.14. The van der Waals surface area contributed by atoms with Gasteiger partial charge in [-0.1, -0.05) is 17.7 Å². The molecule has 0 atom stereocenters. The van der Waals surface area contributed by atoms with Gasteiger partial charge in [0.1, 0.15) is 18.0 Å². The highest BCUT2D eigenvalue weighted by Crippen LogP contribution is 2.37. The number of piperazine rings is 1. The second-order valence-electron chi connectivity index (χ2n) is 8.91. The van der Waals surface area contributed by atoms with E-state index in [1.54, 1.807) is 17.0 Å². The molecule has 10 nitrogen and oxygen atoms in total. The number of sulfonamides is 1. The van der Waals surface area contributed by atoms with Crippen molar-refractivity contribution in [1.29, 1.82) is 0 Å². The number of carbonyl (C=O) groups is 1. The van der Waals surface area contributed by atoms with Gasteiger partial charge < -0.3 is 28.7 Å². The molecule has 0 radical (unpaired) electrons. The van der Waals surface area contributed by atoms with E-state index in [2.05, 4.69) is 4.90 Å². The number of rotatable bonds is 10. The van der Waals surface area contributed by atoms with Crippen molar-refractivity contribution < 1.29 is 32.2 Å². The van der Waals surface area contributed by atoms with E-state index in [-0.39, 0.29) is 28.0 Å². The largest absolute Gasteiger partial charge is 0.497 e. The fourth-order valence-corrected chi connectivity index (χ4v) is 6.12. The van der Waals surface area contributed by atoms with Crippen LogP contribution in [0.15, 0.2) is 65.6 Å². The van der Waals surface area contributed by atoms with E-state index in [1.165, 1.54) is 52.7 Å². The standard InChI is InChI=1S/C28H32ClN3O7S/c1-36-22-8-10-25(37-2)24(17-22)32(40(34,35)23-9-11-26(38-3)27(18-23)39-4)19-28(33)31-14-12-30(13-15-31)21-7-5-6-20(29)16-21/h5-11,16-18H,12-15,19H2,1-4H3. The van der Waals surface area contributed by atoms with E-state index < -0.39 is 16.6 Å². The lowest BCUT2D eigenvalue weighted by molar-refractivity contribution is -0.129. The van der Waals surface area contributed by atoms with E-state index in [4.69, 9.17) is 30.5 Å². The van der Waals surface area contributed by atoms with Crippen LogP contribution in [0.5, 0.6) is 23.0 Å². The van der Waals surface area contributed by atoms with Gasteiger partial charge in [-0.2, -0.15) is 0 Å². The summed E-state index contributed by atoms with van der Waals surface area (Å²) in [5.74, 6) is 0.944. The van der Waals surface area contributed by atoms with Crippen LogP contribution in [0.25, 0.3) is 0 Å². The lowest BCUT2D eigenvalue weighted by atomic mass is 10.2. The molecule has 1 amide bonds. The van der Waals surface area contributed by atoms with Gasteiger partial charge in [-0.3, -0.25) is 9.10 Å². The fourth-order valence-electron chi connectivity index (χ4n) is 4.51. The van der Waals surface area contributed by atoms with Crippen molar-refractivity contribution in [2.75, 3.05) is 70.4 Å². The van der Waals surface area contributed by atoms with Crippen molar-refractivity contribution in [3.8, 4) is 23.0 Å². The Morgan fingerprint density at radius 1 is 0.825 bits per heavy atom. The molecule has 1 aliphatic rings.